The number of rotatable bonds is 4. The van der Waals surface area contributed by atoms with E-state index in [9.17, 15) is 9.18 Å². The Labute approximate surface area is 143 Å². The van der Waals surface area contributed by atoms with Crippen LogP contribution in [-0.4, -0.2) is 49.4 Å². The molecule has 23 heavy (non-hydrogen) atoms. The number of anilines is 1. The fraction of sp³-hybridized carbons (Fsp3) is 0.625. The first-order valence-corrected chi connectivity index (χ1v) is 8.77. The molecule has 0 bridgehead atoms. The maximum absolute atomic E-state index is 14.9. The minimum atomic E-state index is -1.34. The molecule has 7 heteroatoms. The Bertz CT molecular complexity index is 558. The third-order valence-corrected chi connectivity index (χ3v) is 5.20. The number of hydrogen-bond acceptors (Lipinski definition) is 4. The molecule has 0 aliphatic carbocycles. The van der Waals surface area contributed by atoms with Gasteiger partial charge in [0.1, 0.15) is 11.5 Å². The average molecular weight is 386 g/mol. The van der Waals surface area contributed by atoms with Crippen molar-refractivity contribution in [3.05, 3.63) is 22.8 Å². The molecule has 2 saturated heterocycles. The second kappa shape index (κ2) is 7.13. The summed E-state index contributed by atoms with van der Waals surface area (Å²) in [6.45, 7) is 2.34. The van der Waals surface area contributed by atoms with E-state index in [1.807, 2.05) is 12.1 Å². The van der Waals surface area contributed by atoms with Crippen LogP contribution in [0, 0.1) is 5.92 Å². The Morgan fingerprint density at radius 3 is 2.96 bits per heavy atom. The monoisotopic (exact) mass is 385 g/mol. The third-order valence-electron chi connectivity index (χ3n) is 4.58. The SMILES string of the molecule is O=C(NCC1(F)CCN(c2ncccc2Br)CC1)C1CCOC1. The molecule has 1 unspecified atom stereocenters. The van der Waals surface area contributed by atoms with E-state index in [4.69, 9.17) is 4.74 Å². The number of alkyl halides is 1. The van der Waals surface area contributed by atoms with Crippen LogP contribution in [0.5, 0.6) is 0 Å². The summed E-state index contributed by atoms with van der Waals surface area (Å²) < 4.78 is 21.0. The molecule has 1 aromatic rings. The molecule has 0 radical (unpaired) electrons. The molecule has 5 nitrogen and oxygen atoms in total. The molecule has 2 fully saturated rings. The summed E-state index contributed by atoms with van der Waals surface area (Å²) in [5, 5.41) is 2.76. The number of carbonyl (C=O) groups excluding carboxylic acids is 1. The first kappa shape index (κ1) is 16.6. The zero-order chi connectivity index (χ0) is 16.3. The molecule has 3 heterocycles. The van der Waals surface area contributed by atoms with Crippen LogP contribution in [0.3, 0.4) is 0 Å². The van der Waals surface area contributed by atoms with E-state index in [0.29, 0.717) is 39.1 Å². The summed E-state index contributed by atoms with van der Waals surface area (Å²) in [5.41, 5.74) is -1.34. The van der Waals surface area contributed by atoms with E-state index < -0.39 is 5.67 Å². The Hall–Kier alpha value is -1.21. The van der Waals surface area contributed by atoms with Crippen LogP contribution in [-0.2, 0) is 9.53 Å². The van der Waals surface area contributed by atoms with Gasteiger partial charge in [-0.25, -0.2) is 9.37 Å². The number of amides is 1. The van der Waals surface area contributed by atoms with Crippen LogP contribution in [0.25, 0.3) is 0 Å². The quantitative estimate of drug-likeness (QED) is 0.863. The van der Waals surface area contributed by atoms with E-state index in [1.165, 1.54) is 0 Å². The van der Waals surface area contributed by atoms with Gasteiger partial charge >= 0.3 is 0 Å². The van der Waals surface area contributed by atoms with Gasteiger partial charge in [-0.15, -0.1) is 0 Å². The van der Waals surface area contributed by atoms with Gasteiger partial charge in [0.05, 0.1) is 23.5 Å². The molecule has 2 aliphatic heterocycles. The van der Waals surface area contributed by atoms with Crippen molar-refractivity contribution in [1.29, 1.82) is 0 Å². The minimum Gasteiger partial charge on any atom is -0.381 e. The highest BCUT2D eigenvalue weighted by atomic mass is 79.9. The molecule has 126 valence electrons. The lowest BCUT2D eigenvalue weighted by molar-refractivity contribution is -0.125. The summed E-state index contributed by atoms with van der Waals surface area (Å²) in [5.74, 6) is 0.638. The Morgan fingerprint density at radius 1 is 1.52 bits per heavy atom. The van der Waals surface area contributed by atoms with Crippen molar-refractivity contribution in [1.82, 2.24) is 10.3 Å². The van der Waals surface area contributed by atoms with Crippen LogP contribution in [0.4, 0.5) is 10.2 Å². The topological polar surface area (TPSA) is 54.5 Å². The molecule has 1 amide bonds. The highest BCUT2D eigenvalue weighted by Crippen LogP contribution is 2.31. The average Bonchev–Trinajstić information content (AvgIpc) is 3.09. The largest absolute Gasteiger partial charge is 0.381 e. The number of pyridine rings is 1. The fourth-order valence-corrected chi connectivity index (χ4v) is 3.54. The van der Waals surface area contributed by atoms with Crippen LogP contribution in [0.15, 0.2) is 22.8 Å². The number of nitrogens with zero attached hydrogens (tertiary/aromatic N) is 2. The smallest absolute Gasteiger partial charge is 0.225 e. The number of aromatic nitrogens is 1. The second-order valence-corrected chi connectivity index (χ2v) is 7.08. The summed E-state index contributed by atoms with van der Waals surface area (Å²) >= 11 is 3.48. The lowest BCUT2D eigenvalue weighted by Gasteiger charge is -2.37. The van der Waals surface area contributed by atoms with E-state index >= 15 is 0 Å². The second-order valence-electron chi connectivity index (χ2n) is 6.23. The maximum Gasteiger partial charge on any atom is 0.225 e. The van der Waals surface area contributed by atoms with E-state index in [1.54, 1.807) is 6.20 Å². The van der Waals surface area contributed by atoms with Gasteiger partial charge in [-0.2, -0.15) is 0 Å². The molecule has 0 aromatic carbocycles. The Kier molecular flexibility index (Phi) is 5.16. The number of carbonyl (C=O) groups is 1. The van der Waals surface area contributed by atoms with Crippen LogP contribution < -0.4 is 10.2 Å². The molecule has 1 aromatic heterocycles. The fourth-order valence-electron chi connectivity index (χ4n) is 3.04. The number of halogens is 2. The van der Waals surface area contributed by atoms with Crippen molar-refractivity contribution < 1.29 is 13.9 Å². The maximum atomic E-state index is 14.9. The van der Waals surface area contributed by atoms with Gasteiger partial charge in [0.25, 0.3) is 0 Å². The van der Waals surface area contributed by atoms with Crippen molar-refractivity contribution in [3.8, 4) is 0 Å². The Balaban J connectivity index is 1.51. The lowest BCUT2D eigenvalue weighted by atomic mass is 9.93. The standard InChI is InChI=1S/C16H21BrFN3O2/c17-13-2-1-6-19-14(13)21-7-4-16(18,5-8-21)11-20-15(22)12-3-9-23-10-12/h1-2,6,12H,3-5,7-11H2,(H,20,22). The van der Waals surface area contributed by atoms with Gasteiger partial charge in [-0.3, -0.25) is 4.79 Å². The molecular formula is C16H21BrFN3O2. The van der Waals surface area contributed by atoms with Crippen molar-refractivity contribution in [3.63, 3.8) is 0 Å². The first-order chi connectivity index (χ1) is 11.1. The number of nitrogens with one attached hydrogen (secondary N) is 1. The molecule has 0 saturated carbocycles. The lowest BCUT2D eigenvalue weighted by Crippen LogP contribution is -2.49. The molecule has 1 N–H and O–H groups in total. The molecule has 1 atom stereocenters. The Morgan fingerprint density at radius 2 is 2.30 bits per heavy atom. The van der Waals surface area contributed by atoms with Gasteiger partial charge < -0.3 is 15.0 Å². The molecule has 2 aliphatic rings. The highest BCUT2D eigenvalue weighted by Gasteiger charge is 2.36. The number of ether oxygens (including phenoxy) is 1. The van der Waals surface area contributed by atoms with E-state index in [2.05, 4.69) is 31.1 Å². The van der Waals surface area contributed by atoms with Gasteiger partial charge in [0, 0.05) is 38.7 Å². The third kappa shape index (κ3) is 4.01. The predicted octanol–water partition coefficient (Wildman–Crippen LogP) is 2.31. The normalized spacial score (nSPS) is 23.7. The number of piperidine rings is 1. The first-order valence-electron chi connectivity index (χ1n) is 7.97. The number of hydrogen-bond donors (Lipinski definition) is 1. The van der Waals surface area contributed by atoms with Gasteiger partial charge in [0.2, 0.25) is 5.91 Å². The van der Waals surface area contributed by atoms with Crippen molar-refractivity contribution in [2.45, 2.75) is 24.9 Å². The highest BCUT2D eigenvalue weighted by molar-refractivity contribution is 9.10. The van der Waals surface area contributed by atoms with Crippen molar-refractivity contribution in [2.24, 2.45) is 5.92 Å². The minimum absolute atomic E-state index is 0.0829. The summed E-state index contributed by atoms with van der Waals surface area (Å²) in [7, 11) is 0. The van der Waals surface area contributed by atoms with Gasteiger partial charge in [-0.1, -0.05) is 0 Å². The van der Waals surface area contributed by atoms with Crippen molar-refractivity contribution in [2.75, 3.05) is 37.7 Å². The van der Waals surface area contributed by atoms with Crippen LogP contribution >= 0.6 is 15.9 Å². The zero-order valence-corrected chi connectivity index (χ0v) is 14.5. The predicted molar refractivity (Wildman–Crippen MR) is 89.2 cm³/mol. The van der Waals surface area contributed by atoms with Gasteiger partial charge in [-0.05, 0) is 34.5 Å². The molecular weight excluding hydrogens is 365 g/mol. The van der Waals surface area contributed by atoms with Gasteiger partial charge in [0.15, 0.2) is 0 Å². The summed E-state index contributed by atoms with van der Waals surface area (Å²) in [6.07, 6.45) is 3.24. The summed E-state index contributed by atoms with van der Waals surface area (Å²) in [4.78, 5) is 18.4. The van der Waals surface area contributed by atoms with Crippen LogP contribution in [0.1, 0.15) is 19.3 Å². The summed E-state index contributed by atoms with van der Waals surface area (Å²) in [6, 6.07) is 3.79. The van der Waals surface area contributed by atoms with E-state index in [-0.39, 0.29) is 18.4 Å². The van der Waals surface area contributed by atoms with E-state index in [0.717, 1.165) is 16.7 Å². The zero-order valence-electron chi connectivity index (χ0n) is 12.9. The van der Waals surface area contributed by atoms with Crippen LogP contribution in [0.2, 0.25) is 0 Å². The van der Waals surface area contributed by atoms with Crippen molar-refractivity contribution >= 4 is 27.7 Å². The molecule has 3 rings (SSSR count). The molecule has 0 spiro atoms.